The van der Waals surface area contributed by atoms with E-state index in [1.165, 1.54) is 17.0 Å². The van der Waals surface area contributed by atoms with Crippen molar-refractivity contribution in [2.75, 3.05) is 13.1 Å². The van der Waals surface area contributed by atoms with Crippen LogP contribution in [0, 0.1) is 0 Å². The van der Waals surface area contributed by atoms with E-state index in [0.29, 0.717) is 11.8 Å². The molecule has 1 aromatic rings. The maximum Gasteiger partial charge on any atom is 0.288 e. The molecule has 1 aromatic carbocycles. The zero-order valence-electron chi connectivity index (χ0n) is 8.85. The summed E-state index contributed by atoms with van der Waals surface area (Å²) in [4.78, 5) is 13.6. The zero-order chi connectivity index (χ0) is 12.4. The Morgan fingerprint density at radius 2 is 2.06 bits per heavy atom. The predicted octanol–water partition coefficient (Wildman–Crippen LogP) is 1.82. The molecule has 17 heavy (non-hydrogen) atoms. The summed E-state index contributed by atoms with van der Waals surface area (Å²) in [6, 6.07) is 6.28. The fraction of sp³-hybridized carbons (Fsp3) is 0.364. The Balaban J connectivity index is 2.16. The molecule has 0 atom stereocenters. The van der Waals surface area contributed by atoms with Crippen LogP contribution in [0.25, 0.3) is 0 Å². The van der Waals surface area contributed by atoms with Crippen molar-refractivity contribution in [2.45, 2.75) is 16.8 Å². The number of alkyl halides is 2. The van der Waals surface area contributed by atoms with Crippen LogP contribution >= 0.6 is 11.8 Å². The molecule has 1 aliphatic rings. The molecular weight excluding hydrogens is 248 g/mol. The van der Waals surface area contributed by atoms with Gasteiger partial charge in [-0.1, -0.05) is 23.9 Å². The van der Waals surface area contributed by atoms with Crippen LogP contribution in [0.4, 0.5) is 8.78 Å². The molecule has 1 fully saturated rings. The third-order valence-corrected chi connectivity index (χ3v) is 3.27. The van der Waals surface area contributed by atoms with E-state index in [2.05, 4.69) is 0 Å². The smallest absolute Gasteiger partial charge is 0.288 e. The van der Waals surface area contributed by atoms with Crippen molar-refractivity contribution < 1.29 is 18.7 Å². The monoisotopic (exact) mass is 259 g/mol. The first-order valence-electron chi connectivity index (χ1n) is 5.09. The Morgan fingerprint density at radius 1 is 1.41 bits per heavy atom. The van der Waals surface area contributed by atoms with E-state index in [1.807, 2.05) is 0 Å². The minimum absolute atomic E-state index is 0.268. The number of carbonyl (C=O) groups excluding carboxylic acids is 1. The molecule has 1 saturated heterocycles. The van der Waals surface area contributed by atoms with Crippen LogP contribution in [0.5, 0.6) is 0 Å². The average Bonchev–Trinajstić information content (AvgIpc) is 2.24. The van der Waals surface area contributed by atoms with E-state index < -0.39 is 11.9 Å². The van der Waals surface area contributed by atoms with Gasteiger partial charge in [-0.3, -0.25) is 4.79 Å². The Morgan fingerprint density at radius 3 is 2.65 bits per heavy atom. The van der Waals surface area contributed by atoms with Crippen molar-refractivity contribution >= 4 is 17.7 Å². The average molecular weight is 259 g/mol. The van der Waals surface area contributed by atoms with Crippen LogP contribution < -0.4 is 0 Å². The van der Waals surface area contributed by atoms with Gasteiger partial charge in [-0.2, -0.15) is 8.78 Å². The van der Waals surface area contributed by atoms with Gasteiger partial charge in [0, 0.05) is 18.0 Å². The zero-order valence-corrected chi connectivity index (χ0v) is 9.66. The van der Waals surface area contributed by atoms with E-state index in [4.69, 9.17) is 5.11 Å². The number of β-amino-alcohol motifs (C(OH)–C–C–N with tert-alkyl or cyclic N) is 1. The summed E-state index contributed by atoms with van der Waals surface area (Å²) < 4.78 is 24.6. The minimum atomic E-state index is -2.55. The second-order valence-corrected chi connectivity index (χ2v) is 4.77. The molecule has 0 aromatic heterocycles. The number of aliphatic hydroxyl groups is 1. The molecular formula is C11H11F2NO2S. The second kappa shape index (κ2) is 5.01. The Bertz CT molecular complexity index is 422. The number of nitrogens with zero attached hydrogens (tertiary/aromatic N) is 1. The van der Waals surface area contributed by atoms with Crippen LogP contribution in [0.3, 0.4) is 0 Å². The first-order valence-corrected chi connectivity index (χ1v) is 5.97. The molecule has 0 aliphatic carbocycles. The standard InChI is InChI=1S/C11H11F2NO2S/c12-11(13)17-9-4-2-1-3-8(9)10(16)14-5-7(15)6-14/h1-4,7,11,15H,5-6H2. The molecule has 1 N–H and O–H groups in total. The number of aliphatic hydroxyl groups excluding tert-OH is 1. The number of carbonyl (C=O) groups is 1. The van der Waals surface area contributed by atoms with Crippen molar-refractivity contribution in [2.24, 2.45) is 0 Å². The molecule has 0 unspecified atom stereocenters. The lowest BCUT2D eigenvalue weighted by Gasteiger charge is -2.36. The third kappa shape index (κ3) is 2.76. The highest BCUT2D eigenvalue weighted by atomic mass is 32.2. The minimum Gasteiger partial charge on any atom is -0.389 e. The number of halogens is 2. The molecule has 0 bridgehead atoms. The Kier molecular flexibility index (Phi) is 3.63. The van der Waals surface area contributed by atoms with Crippen molar-refractivity contribution in [1.82, 2.24) is 4.90 Å². The molecule has 2 rings (SSSR count). The molecule has 1 aliphatic heterocycles. The highest BCUT2D eigenvalue weighted by Gasteiger charge is 2.30. The van der Waals surface area contributed by atoms with Gasteiger partial charge in [-0.05, 0) is 12.1 Å². The maximum absolute atomic E-state index is 12.3. The lowest BCUT2D eigenvalue weighted by atomic mass is 10.1. The SMILES string of the molecule is O=C(c1ccccc1SC(F)F)N1CC(O)C1. The largest absolute Gasteiger partial charge is 0.389 e. The molecule has 0 radical (unpaired) electrons. The number of hydrogen-bond donors (Lipinski definition) is 1. The number of rotatable bonds is 3. The fourth-order valence-corrected chi connectivity index (χ4v) is 2.26. The van der Waals surface area contributed by atoms with Crippen LogP contribution in [0.2, 0.25) is 0 Å². The number of benzene rings is 1. The molecule has 1 amide bonds. The lowest BCUT2D eigenvalue weighted by Crippen LogP contribution is -2.53. The van der Waals surface area contributed by atoms with Crippen LogP contribution in [0.15, 0.2) is 29.2 Å². The van der Waals surface area contributed by atoms with E-state index in [0.717, 1.165) is 0 Å². The van der Waals surface area contributed by atoms with Gasteiger partial charge in [-0.15, -0.1) is 0 Å². The van der Waals surface area contributed by atoms with Gasteiger partial charge in [-0.25, -0.2) is 0 Å². The lowest BCUT2D eigenvalue weighted by molar-refractivity contribution is 0.00566. The van der Waals surface area contributed by atoms with E-state index in [9.17, 15) is 13.6 Å². The highest BCUT2D eigenvalue weighted by Crippen LogP contribution is 2.29. The number of hydrogen-bond acceptors (Lipinski definition) is 3. The van der Waals surface area contributed by atoms with E-state index in [1.54, 1.807) is 12.1 Å². The normalized spacial score (nSPS) is 16.1. The topological polar surface area (TPSA) is 40.5 Å². The van der Waals surface area contributed by atoms with E-state index >= 15 is 0 Å². The number of likely N-dealkylation sites (tertiary alicyclic amines) is 1. The van der Waals surface area contributed by atoms with Gasteiger partial charge in [0.2, 0.25) is 0 Å². The molecule has 6 heteroatoms. The van der Waals surface area contributed by atoms with Crippen LogP contribution in [-0.2, 0) is 0 Å². The summed E-state index contributed by atoms with van der Waals surface area (Å²) in [6.07, 6.45) is -0.492. The molecule has 1 heterocycles. The summed E-state index contributed by atoms with van der Waals surface area (Å²) in [7, 11) is 0. The van der Waals surface area contributed by atoms with E-state index in [-0.39, 0.29) is 29.5 Å². The quantitative estimate of drug-likeness (QED) is 0.842. The predicted molar refractivity (Wildman–Crippen MR) is 60.2 cm³/mol. The first-order chi connectivity index (χ1) is 8.08. The van der Waals surface area contributed by atoms with Crippen molar-refractivity contribution in [3.63, 3.8) is 0 Å². The Labute approximate surface area is 101 Å². The number of amides is 1. The molecule has 0 spiro atoms. The fourth-order valence-electron chi connectivity index (χ4n) is 1.63. The maximum atomic E-state index is 12.3. The molecule has 3 nitrogen and oxygen atoms in total. The van der Waals surface area contributed by atoms with Crippen molar-refractivity contribution in [3.05, 3.63) is 29.8 Å². The summed E-state index contributed by atoms with van der Waals surface area (Å²) >= 11 is 0.363. The molecule has 0 saturated carbocycles. The van der Waals surface area contributed by atoms with Gasteiger partial charge in [0.25, 0.3) is 11.7 Å². The highest BCUT2D eigenvalue weighted by molar-refractivity contribution is 7.99. The van der Waals surface area contributed by atoms with Gasteiger partial charge < -0.3 is 10.0 Å². The van der Waals surface area contributed by atoms with Gasteiger partial charge in [0.05, 0.1) is 11.7 Å². The summed E-state index contributed by atoms with van der Waals surface area (Å²) in [5.41, 5.74) is 0.268. The number of thioether (sulfide) groups is 1. The van der Waals surface area contributed by atoms with Crippen molar-refractivity contribution in [1.29, 1.82) is 0 Å². The second-order valence-electron chi connectivity index (χ2n) is 3.74. The summed E-state index contributed by atoms with van der Waals surface area (Å²) in [6.45, 7) is 0.541. The third-order valence-electron chi connectivity index (χ3n) is 2.48. The summed E-state index contributed by atoms with van der Waals surface area (Å²) in [5, 5.41) is 9.11. The Hall–Kier alpha value is -1.14. The van der Waals surface area contributed by atoms with Gasteiger partial charge >= 0.3 is 0 Å². The molecule has 92 valence electrons. The van der Waals surface area contributed by atoms with Crippen LogP contribution in [0.1, 0.15) is 10.4 Å². The summed E-state index contributed by atoms with van der Waals surface area (Å²) in [5.74, 6) is -2.86. The van der Waals surface area contributed by atoms with Crippen molar-refractivity contribution in [3.8, 4) is 0 Å². The van der Waals surface area contributed by atoms with Gasteiger partial charge in [0.15, 0.2) is 0 Å². The first kappa shape index (κ1) is 12.3. The van der Waals surface area contributed by atoms with Crippen LogP contribution in [-0.4, -0.2) is 40.9 Å². The van der Waals surface area contributed by atoms with Gasteiger partial charge in [0.1, 0.15) is 0 Å².